The molecule has 0 bridgehead atoms. The van der Waals surface area contributed by atoms with E-state index in [9.17, 15) is 0 Å². The van der Waals surface area contributed by atoms with E-state index in [1.165, 1.54) is 23.0 Å². The van der Waals surface area contributed by atoms with Crippen molar-refractivity contribution in [3.8, 4) is 0 Å². The van der Waals surface area contributed by atoms with E-state index in [1.807, 2.05) is 0 Å². The highest BCUT2D eigenvalue weighted by Gasteiger charge is 2.47. The van der Waals surface area contributed by atoms with Gasteiger partial charge < -0.3 is 9.57 Å². The summed E-state index contributed by atoms with van der Waals surface area (Å²) in [7, 11) is -0.367. The van der Waals surface area contributed by atoms with Gasteiger partial charge in [0.15, 0.2) is 0 Å². The maximum atomic E-state index is 2.69. The lowest BCUT2D eigenvalue weighted by atomic mass is 10.1. The van der Waals surface area contributed by atoms with Gasteiger partial charge in [-0.3, -0.25) is 0 Å². The molecule has 4 nitrogen and oxygen atoms in total. The Labute approximate surface area is 156 Å². The van der Waals surface area contributed by atoms with E-state index in [0.29, 0.717) is 24.2 Å². The number of aromatic nitrogens is 2. The summed E-state index contributed by atoms with van der Waals surface area (Å²) in [6.45, 7) is 23.7. The molecular weight excluding hydrogens is 346 g/mol. The Hall–Kier alpha value is -0.590. The second-order valence-electron chi connectivity index (χ2n) is 8.12. The monoisotopic (exact) mass is 381 g/mol. The third-order valence-corrected chi connectivity index (χ3v) is 9.06. The van der Waals surface area contributed by atoms with E-state index in [1.54, 1.807) is 0 Å². The minimum Gasteiger partial charge on any atom is -0.346 e. The van der Waals surface area contributed by atoms with Crippen LogP contribution in [0.1, 0.15) is 50.9 Å². The zero-order valence-electron chi connectivity index (χ0n) is 17.6. The zero-order chi connectivity index (χ0) is 18.8. The van der Waals surface area contributed by atoms with E-state index >= 15 is 0 Å². The van der Waals surface area contributed by atoms with Crippen LogP contribution in [-0.2, 0) is 0 Å². The lowest BCUT2D eigenvalue weighted by molar-refractivity contribution is -0.729. The average molecular weight is 381 g/mol. The normalized spacial score (nSPS) is 29.2. The molecule has 140 valence electrons. The quantitative estimate of drug-likeness (QED) is 0.563. The SMILES string of the molecule is Cc1c(C)[n+]2c(n1P(C)C)C=C1N(C(C)C(C)N1P(C)C)C(C)C2C. The maximum absolute atomic E-state index is 2.69. The molecule has 1 aromatic rings. The molecule has 0 amide bonds. The van der Waals surface area contributed by atoms with Crippen LogP contribution >= 0.6 is 16.1 Å². The molecular formula is C19H35N4P2+. The third-order valence-electron chi connectivity index (χ3n) is 6.32. The first-order chi connectivity index (χ1) is 11.6. The van der Waals surface area contributed by atoms with E-state index in [0.717, 1.165) is 0 Å². The molecule has 3 rings (SSSR count). The summed E-state index contributed by atoms with van der Waals surface area (Å²) in [5, 5.41) is 0. The second-order valence-corrected chi connectivity index (χ2v) is 12.3. The fraction of sp³-hybridized carbons (Fsp3) is 0.737. The van der Waals surface area contributed by atoms with Gasteiger partial charge in [-0.05, 0) is 62.4 Å². The molecule has 6 heteroatoms. The standard InChI is InChI=1S/C19H35N4P2/c1-12-13(2)21-15(4)17(6)23(25(9)10)19(21)11-18-20(12)14(3)16(5)22(18)24(7)8/h11-14,16H,1-10H3/q+1. The maximum Gasteiger partial charge on any atom is 0.288 e. The molecule has 0 radical (unpaired) electrons. The van der Waals surface area contributed by atoms with Crippen molar-refractivity contribution in [2.75, 3.05) is 26.7 Å². The van der Waals surface area contributed by atoms with E-state index < -0.39 is 0 Å². The van der Waals surface area contributed by atoms with Gasteiger partial charge in [0.1, 0.15) is 23.3 Å². The van der Waals surface area contributed by atoms with Crippen LogP contribution in [0.25, 0.3) is 6.08 Å². The molecule has 2 aliphatic heterocycles. The lowest BCUT2D eigenvalue weighted by Crippen LogP contribution is -2.51. The van der Waals surface area contributed by atoms with Crippen LogP contribution in [0, 0.1) is 13.8 Å². The summed E-state index contributed by atoms with van der Waals surface area (Å²) in [4.78, 5) is 2.69. The first kappa shape index (κ1) is 19.2. The van der Waals surface area contributed by atoms with Crippen molar-refractivity contribution in [3.05, 3.63) is 23.0 Å². The van der Waals surface area contributed by atoms with Crippen molar-refractivity contribution in [1.29, 1.82) is 0 Å². The molecule has 3 heterocycles. The molecule has 1 aromatic heterocycles. The summed E-state index contributed by atoms with van der Waals surface area (Å²) >= 11 is 0. The van der Waals surface area contributed by atoms with E-state index in [4.69, 9.17) is 0 Å². The van der Waals surface area contributed by atoms with Crippen LogP contribution in [-0.4, -0.2) is 58.7 Å². The van der Waals surface area contributed by atoms with Gasteiger partial charge in [0, 0.05) is 19.9 Å². The van der Waals surface area contributed by atoms with Crippen LogP contribution in [0.2, 0.25) is 0 Å². The van der Waals surface area contributed by atoms with Crippen molar-refractivity contribution in [2.45, 2.75) is 65.7 Å². The zero-order valence-corrected chi connectivity index (χ0v) is 19.4. The van der Waals surface area contributed by atoms with Gasteiger partial charge in [0.05, 0.1) is 26.2 Å². The molecule has 0 spiro atoms. The van der Waals surface area contributed by atoms with Crippen LogP contribution < -0.4 is 4.57 Å². The van der Waals surface area contributed by atoms with E-state index in [2.05, 4.69) is 92.8 Å². The summed E-state index contributed by atoms with van der Waals surface area (Å²) in [6.07, 6.45) is 2.49. The fourth-order valence-corrected chi connectivity index (χ4v) is 7.55. The predicted molar refractivity (Wildman–Crippen MR) is 112 cm³/mol. The first-order valence-corrected chi connectivity index (χ1v) is 13.7. The van der Waals surface area contributed by atoms with Crippen LogP contribution in [0.4, 0.5) is 0 Å². The minimum absolute atomic E-state index is 0.161. The van der Waals surface area contributed by atoms with Crippen LogP contribution in [0.5, 0.6) is 0 Å². The lowest BCUT2D eigenvalue weighted by Gasteiger charge is -2.33. The van der Waals surface area contributed by atoms with Gasteiger partial charge in [-0.2, -0.15) is 0 Å². The van der Waals surface area contributed by atoms with Gasteiger partial charge in [-0.15, -0.1) is 0 Å². The molecule has 1 fully saturated rings. The molecule has 1 saturated heterocycles. The molecule has 0 N–H and O–H groups in total. The van der Waals surface area contributed by atoms with Crippen molar-refractivity contribution in [3.63, 3.8) is 0 Å². The molecule has 4 unspecified atom stereocenters. The minimum atomic E-state index is -0.206. The predicted octanol–water partition coefficient (Wildman–Crippen LogP) is 4.21. The first-order valence-electron chi connectivity index (χ1n) is 9.37. The highest BCUT2D eigenvalue weighted by molar-refractivity contribution is 7.54. The van der Waals surface area contributed by atoms with Crippen molar-refractivity contribution >= 4 is 22.2 Å². The number of imidazole rings is 1. The molecule has 0 aromatic carbocycles. The summed E-state index contributed by atoms with van der Waals surface area (Å²) in [5.41, 5.74) is 2.85. The molecule has 4 atom stereocenters. The van der Waals surface area contributed by atoms with E-state index in [-0.39, 0.29) is 16.1 Å². The van der Waals surface area contributed by atoms with Crippen LogP contribution in [0.15, 0.2) is 5.82 Å². The molecule has 0 saturated carbocycles. The fourth-order valence-electron chi connectivity index (χ4n) is 4.75. The van der Waals surface area contributed by atoms with Gasteiger partial charge in [0.25, 0.3) is 5.82 Å². The van der Waals surface area contributed by atoms with Gasteiger partial charge in [-0.1, -0.05) is 0 Å². The molecule has 0 aliphatic carbocycles. The van der Waals surface area contributed by atoms with Crippen molar-refractivity contribution in [1.82, 2.24) is 13.9 Å². The summed E-state index contributed by atoms with van der Waals surface area (Å²) in [6, 6.07) is 2.08. The number of hydrogen-bond donors (Lipinski definition) is 0. The summed E-state index contributed by atoms with van der Waals surface area (Å²) in [5.74, 6) is 2.84. The number of fused-ring (bicyclic) bond motifs is 2. The van der Waals surface area contributed by atoms with Crippen molar-refractivity contribution < 1.29 is 4.57 Å². The Bertz CT molecular complexity index is 707. The third kappa shape index (κ3) is 2.67. The Morgan fingerprint density at radius 3 is 2.00 bits per heavy atom. The highest BCUT2D eigenvalue weighted by atomic mass is 31.1. The Balaban J connectivity index is 2.30. The van der Waals surface area contributed by atoms with Crippen LogP contribution in [0.3, 0.4) is 0 Å². The number of rotatable bonds is 2. The van der Waals surface area contributed by atoms with Gasteiger partial charge >= 0.3 is 0 Å². The topological polar surface area (TPSA) is 15.3 Å². The highest BCUT2D eigenvalue weighted by Crippen LogP contribution is 2.48. The van der Waals surface area contributed by atoms with Gasteiger partial charge in [-0.25, -0.2) is 8.90 Å². The second kappa shape index (κ2) is 6.54. The Morgan fingerprint density at radius 2 is 1.48 bits per heavy atom. The smallest absolute Gasteiger partial charge is 0.288 e. The molecule has 2 aliphatic rings. The number of hydrogen-bond acceptors (Lipinski definition) is 2. The van der Waals surface area contributed by atoms with Crippen molar-refractivity contribution in [2.24, 2.45) is 0 Å². The van der Waals surface area contributed by atoms with Gasteiger partial charge in [0.2, 0.25) is 0 Å². The number of nitrogens with zero attached hydrogens (tertiary/aromatic N) is 4. The largest absolute Gasteiger partial charge is 0.346 e. The average Bonchev–Trinajstić information content (AvgIpc) is 2.86. The Morgan fingerprint density at radius 1 is 0.880 bits per heavy atom. The summed E-state index contributed by atoms with van der Waals surface area (Å²) < 4.78 is 7.87. The molecule has 25 heavy (non-hydrogen) atoms. The Kier molecular flexibility index (Phi) is 5.01.